The molecule has 0 amide bonds. The molecule has 0 saturated heterocycles. The number of carbonyl (C=O) groups is 1. The van der Waals surface area contributed by atoms with Gasteiger partial charge in [0.15, 0.2) is 0 Å². The second-order valence-electron chi connectivity index (χ2n) is 5.86. The molecule has 3 rings (SSSR count). The summed E-state index contributed by atoms with van der Waals surface area (Å²) in [7, 11) is 1.35. The van der Waals surface area contributed by atoms with Crippen LogP contribution in [0.3, 0.4) is 0 Å². The molecule has 27 heavy (non-hydrogen) atoms. The Morgan fingerprint density at radius 2 is 1.67 bits per heavy atom. The van der Waals surface area contributed by atoms with Crippen LogP contribution in [0.2, 0.25) is 0 Å². The van der Waals surface area contributed by atoms with Crippen molar-refractivity contribution in [1.82, 2.24) is 4.98 Å². The topological polar surface area (TPSA) is 63.0 Å². The number of rotatable bonds is 5. The predicted molar refractivity (Wildman–Crippen MR) is 107 cm³/mol. The highest BCUT2D eigenvalue weighted by Gasteiger charge is 2.21. The number of carbonyl (C=O) groups excluding carboxylic acids is 1. The van der Waals surface area contributed by atoms with Crippen LogP contribution in [0.25, 0.3) is 22.4 Å². The van der Waals surface area contributed by atoms with Crippen molar-refractivity contribution in [3.8, 4) is 28.5 Å². The van der Waals surface area contributed by atoms with Crippen LogP contribution in [-0.4, -0.2) is 23.3 Å². The summed E-state index contributed by atoms with van der Waals surface area (Å²) in [4.78, 5) is 16.6. The van der Waals surface area contributed by atoms with Gasteiger partial charge in [-0.1, -0.05) is 72.4 Å². The summed E-state index contributed by atoms with van der Waals surface area (Å²) in [5, 5.41) is 9.87. The average molecular weight is 374 g/mol. The van der Waals surface area contributed by atoms with E-state index in [9.17, 15) is 10.1 Å². The predicted octanol–water partition coefficient (Wildman–Crippen LogP) is 4.94. The Balaban J connectivity index is 2.19. The van der Waals surface area contributed by atoms with Crippen LogP contribution < -0.4 is 0 Å². The highest BCUT2D eigenvalue weighted by atomic mass is 32.2. The lowest BCUT2D eigenvalue weighted by atomic mass is 9.99. The maximum absolute atomic E-state index is 11.9. The van der Waals surface area contributed by atoms with Crippen LogP contribution in [0.15, 0.2) is 71.8 Å². The molecular weight excluding hydrogens is 356 g/mol. The molecule has 5 heteroatoms. The zero-order chi connectivity index (χ0) is 19.2. The van der Waals surface area contributed by atoms with Crippen molar-refractivity contribution >= 4 is 17.7 Å². The minimum absolute atomic E-state index is 0.350. The van der Waals surface area contributed by atoms with Crippen molar-refractivity contribution in [1.29, 1.82) is 5.26 Å². The molecule has 134 valence electrons. The fraction of sp³-hybridized carbons (Fsp3) is 0.136. The summed E-state index contributed by atoms with van der Waals surface area (Å²) in [5.74, 6) is -0.350. The highest BCUT2D eigenvalue weighted by Crippen LogP contribution is 2.35. The lowest BCUT2D eigenvalue weighted by molar-refractivity contribution is -0.139. The number of benzene rings is 2. The van der Waals surface area contributed by atoms with Gasteiger partial charge in [0, 0.05) is 11.1 Å². The maximum Gasteiger partial charge on any atom is 0.318 e. The first-order chi connectivity index (χ1) is 13.1. The summed E-state index contributed by atoms with van der Waals surface area (Å²) in [6.07, 6.45) is 0. The number of ether oxygens (including phenoxy) is 1. The second-order valence-corrected chi connectivity index (χ2v) is 7.19. The normalized spacial score (nSPS) is 11.4. The fourth-order valence-corrected chi connectivity index (χ4v) is 3.65. The van der Waals surface area contributed by atoms with E-state index in [2.05, 4.69) is 11.1 Å². The zero-order valence-corrected chi connectivity index (χ0v) is 15.9. The summed E-state index contributed by atoms with van der Waals surface area (Å²) < 4.78 is 4.82. The van der Waals surface area contributed by atoms with Gasteiger partial charge in [-0.3, -0.25) is 4.79 Å². The number of hydrogen-bond donors (Lipinski definition) is 0. The van der Waals surface area contributed by atoms with Gasteiger partial charge in [-0.05, 0) is 18.6 Å². The number of esters is 1. The summed E-state index contributed by atoms with van der Waals surface area (Å²) in [6.45, 7) is 1.75. The third kappa shape index (κ3) is 4.18. The van der Waals surface area contributed by atoms with Gasteiger partial charge in [-0.15, -0.1) is 0 Å². The number of nitriles is 1. The van der Waals surface area contributed by atoms with Gasteiger partial charge in [0.2, 0.25) is 0 Å². The van der Waals surface area contributed by atoms with Crippen LogP contribution >= 0.6 is 11.8 Å². The van der Waals surface area contributed by atoms with Crippen molar-refractivity contribution in [2.24, 2.45) is 0 Å². The Labute approximate surface area is 162 Å². The van der Waals surface area contributed by atoms with Gasteiger partial charge in [-0.2, -0.15) is 5.26 Å². The van der Waals surface area contributed by atoms with Crippen LogP contribution in [0.4, 0.5) is 0 Å². The minimum atomic E-state index is -0.468. The number of nitrogens with zero attached hydrogens (tertiary/aromatic N) is 2. The number of pyridine rings is 1. The largest absolute Gasteiger partial charge is 0.468 e. The SMILES string of the molecule is COC(=O)[C@@H](C)Sc1nc(-c2ccccc2)cc(-c2ccccc2)c1C#N. The van der Waals surface area contributed by atoms with Crippen LogP contribution in [0, 0.1) is 11.3 Å². The van der Waals surface area contributed by atoms with E-state index in [4.69, 9.17) is 4.74 Å². The van der Waals surface area contributed by atoms with Crippen LogP contribution in [0.5, 0.6) is 0 Å². The third-order valence-corrected chi connectivity index (χ3v) is 5.14. The molecule has 4 nitrogen and oxygen atoms in total. The monoisotopic (exact) mass is 374 g/mol. The first-order valence-corrected chi connectivity index (χ1v) is 9.32. The molecule has 0 aliphatic carbocycles. The quantitative estimate of drug-likeness (QED) is 0.467. The van der Waals surface area contributed by atoms with E-state index in [1.807, 2.05) is 66.7 Å². The minimum Gasteiger partial charge on any atom is -0.468 e. The molecule has 1 atom stereocenters. The van der Waals surface area contributed by atoms with E-state index in [-0.39, 0.29) is 5.97 Å². The molecule has 0 saturated carbocycles. The van der Waals surface area contributed by atoms with E-state index in [1.54, 1.807) is 6.92 Å². The smallest absolute Gasteiger partial charge is 0.318 e. The van der Waals surface area contributed by atoms with E-state index in [0.29, 0.717) is 10.6 Å². The molecule has 1 aromatic heterocycles. The average Bonchev–Trinajstić information content (AvgIpc) is 2.73. The van der Waals surface area contributed by atoms with E-state index >= 15 is 0 Å². The molecule has 1 heterocycles. The first-order valence-electron chi connectivity index (χ1n) is 8.44. The van der Waals surface area contributed by atoms with Gasteiger partial charge >= 0.3 is 5.97 Å². The molecule has 2 aromatic carbocycles. The van der Waals surface area contributed by atoms with Crippen molar-refractivity contribution in [2.75, 3.05) is 7.11 Å². The Kier molecular flexibility index (Phi) is 5.90. The van der Waals surface area contributed by atoms with Gasteiger partial charge in [0.25, 0.3) is 0 Å². The Bertz CT molecular complexity index is 982. The second kappa shape index (κ2) is 8.52. The van der Waals surface area contributed by atoms with Crippen molar-refractivity contribution in [2.45, 2.75) is 17.2 Å². The summed E-state index contributed by atoms with van der Waals surface area (Å²) in [6, 6.07) is 23.7. The van der Waals surface area contributed by atoms with Crippen molar-refractivity contribution < 1.29 is 9.53 Å². The molecule has 3 aromatic rings. The lowest BCUT2D eigenvalue weighted by Crippen LogP contribution is -2.15. The highest BCUT2D eigenvalue weighted by molar-refractivity contribution is 8.00. The molecule has 0 aliphatic rings. The van der Waals surface area contributed by atoms with E-state index in [1.165, 1.54) is 18.9 Å². The summed E-state index contributed by atoms with van der Waals surface area (Å²) >= 11 is 1.24. The maximum atomic E-state index is 11.9. The molecule has 0 spiro atoms. The van der Waals surface area contributed by atoms with Crippen molar-refractivity contribution in [3.63, 3.8) is 0 Å². The number of hydrogen-bond acceptors (Lipinski definition) is 5. The zero-order valence-electron chi connectivity index (χ0n) is 15.0. The van der Waals surface area contributed by atoms with E-state index < -0.39 is 5.25 Å². The van der Waals surface area contributed by atoms with Gasteiger partial charge in [0.05, 0.1) is 18.4 Å². The standard InChI is InChI=1S/C22H18N2O2S/c1-15(22(25)26-2)27-21-19(14-23)18(16-9-5-3-6-10-16)13-20(24-21)17-11-7-4-8-12-17/h3-13,15H,1-2H3/t15-/m1/s1. The Morgan fingerprint density at radius 3 is 2.22 bits per heavy atom. The molecular formula is C22H18N2O2S. The lowest BCUT2D eigenvalue weighted by Gasteiger charge is -2.14. The number of aromatic nitrogens is 1. The van der Waals surface area contributed by atoms with E-state index in [0.717, 1.165) is 22.4 Å². The fourth-order valence-electron chi connectivity index (χ4n) is 2.70. The van der Waals surface area contributed by atoms with Crippen LogP contribution in [-0.2, 0) is 9.53 Å². The molecule has 0 aliphatic heterocycles. The molecule has 0 radical (unpaired) electrons. The number of thioether (sulfide) groups is 1. The molecule has 0 fully saturated rings. The Morgan fingerprint density at radius 1 is 1.07 bits per heavy atom. The molecule has 0 bridgehead atoms. The number of methoxy groups -OCH3 is 1. The molecule has 0 unspecified atom stereocenters. The molecule has 0 N–H and O–H groups in total. The van der Waals surface area contributed by atoms with Gasteiger partial charge in [0.1, 0.15) is 16.3 Å². The van der Waals surface area contributed by atoms with Gasteiger partial charge < -0.3 is 4.74 Å². The Hall–Kier alpha value is -3.10. The van der Waals surface area contributed by atoms with Crippen LogP contribution in [0.1, 0.15) is 12.5 Å². The third-order valence-electron chi connectivity index (χ3n) is 4.07. The first kappa shape index (κ1) is 18.7. The van der Waals surface area contributed by atoms with Crippen molar-refractivity contribution in [3.05, 3.63) is 72.3 Å². The van der Waals surface area contributed by atoms with Gasteiger partial charge in [-0.25, -0.2) is 4.98 Å². The summed E-state index contributed by atoms with van der Waals surface area (Å²) in [5.41, 5.74) is 3.90.